The van der Waals surface area contributed by atoms with Crippen molar-refractivity contribution >= 4 is 12.6 Å². The maximum Gasteiger partial charge on any atom is 0.151 e. The van der Waals surface area contributed by atoms with E-state index < -0.39 is 0 Å². The minimum Gasteiger partial charge on any atom is -0.377 e. The van der Waals surface area contributed by atoms with Gasteiger partial charge in [0.2, 0.25) is 0 Å². The summed E-state index contributed by atoms with van der Waals surface area (Å²) in [6, 6.07) is 0.279. The normalized spacial score (nSPS) is 15.6. The first-order chi connectivity index (χ1) is 11.1. The predicted molar refractivity (Wildman–Crippen MR) is 107 cm³/mol. The molecule has 0 spiro atoms. The molecule has 1 unspecified atom stereocenters. The van der Waals surface area contributed by atoms with E-state index >= 15 is 0 Å². The Kier molecular flexibility index (Phi) is 10.5. The van der Waals surface area contributed by atoms with Crippen molar-refractivity contribution in [3.05, 3.63) is 23.3 Å². The van der Waals surface area contributed by atoms with Crippen molar-refractivity contribution in [3.63, 3.8) is 0 Å². The highest BCUT2D eigenvalue weighted by Gasteiger charge is 2.18. The molecular formula is C20H37N3O. The van der Waals surface area contributed by atoms with Crippen molar-refractivity contribution in [2.45, 2.75) is 79.9 Å². The molecule has 0 fully saturated rings. The molecule has 0 aliphatic heterocycles. The van der Waals surface area contributed by atoms with Crippen molar-refractivity contribution < 1.29 is 4.74 Å². The third kappa shape index (κ3) is 10.4. The van der Waals surface area contributed by atoms with Crippen LogP contribution in [-0.2, 0) is 4.74 Å². The molecule has 0 aromatic carbocycles. The fraction of sp³-hybridized carbons (Fsp3) is 0.700. The fourth-order valence-corrected chi connectivity index (χ4v) is 2.28. The van der Waals surface area contributed by atoms with Gasteiger partial charge in [-0.25, -0.2) is 4.99 Å². The van der Waals surface area contributed by atoms with Crippen LogP contribution in [0, 0.1) is 5.41 Å². The van der Waals surface area contributed by atoms with Crippen LogP contribution in [0.15, 0.2) is 33.4 Å². The highest BCUT2D eigenvalue weighted by atomic mass is 16.5. The number of hydrazone groups is 1. The minimum atomic E-state index is 0.0929. The Hall–Kier alpha value is -1.42. The maximum absolute atomic E-state index is 5.57. The summed E-state index contributed by atoms with van der Waals surface area (Å²) in [5.74, 6) is 0.708. The molecule has 1 atom stereocenters. The average Bonchev–Trinajstić information content (AvgIpc) is 2.48. The van der Waals surface area contributed by atoms with Crippen LogP contribution in [0.4, 0.5) is 0 Å². The number of hydrogen-bond donors (Lipinski definition) is 1. The van der Waals surface area contributed by atoms with Crippen LogP contribution in [0.2, 0.25) is 0 Å². The van der Waals surface area contributed by atoms with E-state index in [2.05, 4.69) is 82.9 Å². The smallest absolute Gasteiger partial charge is 0.151 e. The zero-order valence-electron chi connectivity index (χ0n) is 16.9. The van der Waals surface area contributed by atoms with Gasteiger partial charge in [0, 0.05) is 19.6 Å². The number of methoxy groups -OCH3 is 1. The van der Waals surface area contributed by atoms with Crippen LogP contribution < -0.4 is 5.43 Å². The fourth-order valence-electron chi connectivity index (χ4n) is 2.28. The van der Waals surface area contributed by atoms with E-state index in [4.69, 9.17) is 4.74 Å². The molecule has 138 valence electrons. The number of nitrogens with one attached hydrogen (secondary N) is 1. The highest BCUT2D eigenvalue weighted by Crippen LogP contribution is 2.28. The SMILES string of the molecule is C=N/C(CC(=C/CC)/C=C(/CC(C)(C)C)C(C)OC)=N\NC(C)C. The molecule has 0 saturated heterocycles. The number of nitrogens with zero attached hydrogens (tertiary/aromatic N) is 2. The van der Waals surface area contributed by atoms with Gasteiger partial charge < -0.3 is 10.2 Å². The van der Waals surface area contributed by atoms with Gasteiger partial charge in [-0.05, 0) is 56.9 Å². The number of rotatable bonds is 9. The lowest BCUT2D eigenvalue weighted by molar-refractivity contribution is 0.138. The highest BCUT2D eigenvalue weighted by molar-refractivity contribution is 5.88. The van der Waals surface area contributed by atoms with Crippen LogP contribution in [0.1, 0.15) is 67.7 Å². The van der Waals surface area contributed by atoms with Gasteiger partial charge in [-0.15, -0.1) is 0 Å². The van der Waals surface area contributed by atoms with E-state index in [1.807, 2.05) is 0 Å². The third-order valence-electron chi connectivity index (χ3n) is 3.44. The number of ether oxygens (including phenoxy) is 1. The van der Waals surface area contributed by atoms with Crippen LogP contribution >= 0.6 is 0 Å². The summed E-state index contributed by atoms with van der Waals surface area (Å²) in [6.45, 7) is 18.7. The summed E-state index contributed by atoms with van der Waals surface area (Å²) in [7, 11) is 1.76. The molecule has 0 bridgehead atoms. The molecule has 0 aromatic heterocycles. The summed E-state index contributed by atoms with van der Waals surface area (Å²) < 4.78 is 5.57. The zero-order valence-corrected chi connectivity index (χ0v) is 16.9. The average molecular weight is 336 g/mol. The summed E-state index contributed by atoms with van der Waals surface area (Å²) in [4.78, 5) is 4.07. The number of aliphatic imine (C=N–C) groups is 1. The van der Waals surface area contributed by atoms with Gasteiger partial charge in [0.05, 0.1) is 6.10 Å². The molecular weight excluding hydrogens is 298 g/mol. The second-order valence-corrected chi connectivity index (χ2v) is 7.67. The summed E-state index contributed by atoms with van der Waals surface area (Å²) >= 11 is 0. The van der Waals surface area contributed by atoms with Crippen molar-refractivity contribution in [3.8, 4) is 0 Å². The summed E-state index contributed by atoms with van der Waals surface area (Å²) in [5, 5.41) is 4.35. The van der Waals surface area contributed by atoms with Crippen LogP contribution in [0.3, 0.4) is 0 Å². The second-order valence-electron chi connectivity index (χ2n) is 7.67. The van der Waals surface area contributed by atoms with Crippen LogP contribution in [0.5, 0.6) is 0 Å². The standard InChI is InChI=1S/C20H37N3O/c1-10-11-17(13-19(21-8)23-22-15(2)3)12-18(16(4)24-9)14-20(5,6)7/h11-12,15-16,22H,8,10,13-14H2,1-7,9H3/b17-11+,18-12-,23-19-. The van der Waals surface area contributed by atoms with Gasteiger partial charge in [-0.3, -0.25) is 0 Å². The Morgan fingerprint density at radius 2 is 1.88 bits per heavy atom. The number of hydrogen-bond acceptors (Lipinski definition) is 3. The predicted octanol–water partition coefficient (Wildman–Crippen LogP) is 5.12. The lowest BCUT2D eigenvalue weighted by Crippen LogP contribution is -2.18. The number of allylic oxidation sites excluding steroid dienone is 2. The molecule has 0 radical (unpaired) electrons. The van der Waals surface area contributed by atoms with Crippen LogP contribution in [-0.4, -0.2) is 31.8 Å². The Balaban J connectivity index is 5.48. The first kappa shape index (κ1) is 22.6. The van der Waals surface area contributed by atoms with Gasteiger partial charge in [-0.2, -0.15) is 5.10 Å². The topological polar surface area (TPSA) is 46.0 Å². The van der Waals surface area contributed by atoms with E-state index in [0.29, 0.717) is 12.3 Å². The third-order valence-corrected chi connectivity index (χ3v) is 3.44. The molecule has 0 heterocycles. The lowest BCUT2D eigenvalue weighted by atomic mass is 9.85. The van der Waals surface area contributed by atoms with Crippen molar-refractivity contribution in [2.24, 2.45) is 15.5 Å². The van der Waals surface area contributed by atoms with E-state index in [1.165, 1.54) is 11.1 Å². The molecule has 4 nitrogen and oxygen atoms in total. The molecule has 0 rings (SSSR count). The van der Waals surface area contributed by atoms with Crippen molar-refractivity contribution in [1.29, 1.82) is 0 Å². The molecule has 0 amide bonds. The van der Waals surface area contributed by atoms with Gasteiger partial charge >= 0.3 is 0 Å². The van der Waals surface area contributed by atoms with E-state index in [0.717, 1.165) is 12.8 Å². The molecule has 0 saturated carbocycles. The van der Waals surface area contributed by atoms with Gasteiger partial charge in [0.15, 0.2) is 5.84 Å². The molecule has 24 heavy (non-hydrogen) atoms. The Morgan fingerprint density at radius 1 is 1.25 bits per heavy atom. The first-order valence-electron chi connectivity index (χ1n) is 8.84. The Bertz CT molecular complexity index is 468. The largest absolute Gasteiger partial charge is 0.377 e. The molecule has 4 heteroatoms. The summed E-state index contributed by atoms with van der Waals surface area (Å²) in [5.41, 5.74) is 5.76. The van der Waals surface area contributed by atoms with Gasteiger partial charge in [-0.1, -0.05) is 39.8 Å². The first-order valence-corrected chi connectivity index (χ1v) is 8.84. The number of amidine groups is 1. The minimum absolute atomic E-state index is 0.0929. The van der Waals surface area contributed by atoms with Gasteiger partial charge in [0.1, 0.15) is 0 Å². The quantitative estimate of drug-likeness (QED) is 0.275. The van der Waals surface area contributed by atoms with E-state index in [-0.39, 0.29) is 17.6 Å². The zero-order chi connectivity index (χ0) is 18.8. The second kappa shape index (κ2) is 11.2. The molecule has 1 N–H and O–H groups in total. The Morgan fingerprint density at radius 3 is 2.29 bits per heavy atom. The van der Waals surface area contributed by atoms with Crippen molar-refractivity contribution in [1.82, 2.24) is 5.43 Å². The van der Waals surface area contributed by atoms with E-state index in [1.54, 1.807) is 7.11 Å². The lowest BCUT2D eigenvalue weighted by Gasteiger charge is -2.24. The van der Waals surface area contributed by atoms with Crippen LogP contribution in [0.25, 0.3) is 0 Å². The Labute approximate surface area is 149 Å². The van der Waals surface area contributed by atoms with Gasteiger partial charge in [0.25, 0.3) is 0 Å². The molecule has 0 aliphatic carbocycles. The van der Waals surface area contributed by atoms with E-state index in [9.17, 15) is 0 Å². The maximum atomic E-state index is 5.57. The molecule has 0 aromatic rings. The monoisotopic (exact) mass is 335 g/mol. The van der Waals surface area contributed by atoms with Crippen molar-refractivity contribution in [2.75, 3.05) is 7.11 Å². The summed E-state index contributed by atoms with van der Waals surface area (Å²) in [6.07, 6.45) is 7.19. The molecule has 0 aliphatic rings.